The molecule has 1 rings (SSSR count). The van der Waals surface area contributed by atoms with Crippen molar-refractivity contribution in [3.63, 3.8) is 0 Å². The molecule has 0 aliphatic carbocycles. The summed E-state index contributed by atoms with van der Waals surface area (Å²) >= 11 is 0. The van der Waals surface area contributed by atoms with Crippen LogP contribution in [0, 0.1) is 0 Å². The van der Waals surface area contributed by atoms with Gasteiger partial charge in [-0.1, -0.05) is 0 Å². The van der Waals surface area contributed by atoms with Crippen molar-refractivity contribution in [1.82, 2.24) is 10.6 Å². The third-order valence-electron chi connectivity index (χ3n) is 2.98. The van der Waals surface area contributed by atoms with E-state index in [9.17, 15) is 9.59 Å². The third-order valence-corrected chi connectivity index (χ3v) is 2.98. The van der Waals surface area contributed by atoms with E-state index in [-0.39, 0.29) is 17.7 Å². The van der Waals surface area contributed by atoms with E-state index in [1.165, 1.54) is 0 Å². The average molecular weight is 241 g/mol. The van der Waals surface area contributed by atoms with Gasteiger partial charge in [0.2, 0.25) is 5.91 Å². The van der Waals surface area contributed by atoms with E-state index < -0.39 is 0 Å². The molecule has 1 fully saturated rings. The fraction of sp³-hybridized carbons (Fsp3) is 0.833. The van der Waals surface area contributed by atoms with Crippen LogP contribution in [0.15, 0.2) is 0 Å². The van der Waals surface area contributed by atoms with Crippen molar-refractivity contribution in [2.24, 2.45) is 5.73 Å². The molecule has 1 saturated heterocycles. The highest BCUT2D eigenvalue weighted by Crippen LogP contribution is 2.06. The van der Waals surface area contributed by atoms with E-state index in [2.05, 4.69) is 10.6 Å². The number of nitrogens with one attached hydrogen (secondary N) is 2. The second-order valence-corrected chi connectivity index (χ2v) is 4.47. The largest absolute Gasteiger partial charge is 0.346 e. The van der Waals surface area contributed by atoms with Crippen LogP contribution in [0.3, 0.4) is 0 Å². The maximum atomic E-state index is 11.8. The average Bonchev–Trinajstić information content (AvgIpc) is 2.41. The summed E-state index contributed by atoms with van der Waals surface area (Å²) in [5.74, 6) is 0.0847. The first-order valence-electron chi connectivity index (χ1n) is 6.47. The lowest BCUT2D eigenvalue weighted by molar-refractivity contribution is -0.128. The monoisotopic (exact) mass is 241 g/mol. The fourth-order valence-corrected chi connectivity index (χ4v) is 1.95. The fourth-order valence-electron chi connectivity index (χ4n) is 1.95. The topological polar surface area (TPSA) is 84.2 Å². The summed E-state index contributed by atoms with van der Waals surface area (Å²) in [6.07, 6.45) is 4.38. The number of amides is 1. The van der Waals surface area contributed by atoms with E-state index in [0.717, 1.165) is 25.8 Å². The molecule has 5 heteroatoms. The van der Waals surface area contributed by atoms with Crippen LogP contribution in [0.5, 0.6) is 0 Å². The van der Waals surface area contributed by atoms with Gasteiger partial charge in [-0.25, -0.2) is 0 Å². The number of ketones is 1. The van der Waals surface area contributed by atoms with Gasteiger partial charge in [0.15, 0.2) is 5.78 Å². The highest BCUT2D eigenvalue weighted by molar-refractivity contribution is 5.89. The van der Waals surface area contributed by atoms with Crippen molar-refractivity contribution >= 4 is 11.7 Å². The summed E-state index contributed by atoms with van der Waals surface area (Å²) in [5, 5.41) is 6.04. The summed E-state index contributed by atoms with van der Waals surface area (Å²) in [6, 6.07) is -0.292. The van der Waals surface area contributed by atoms with Gasteiger partial charge in [0.05, 0.1) is 6.04 Å². The predicted octanol–water partition coefficient (Wildman–Crippen LogP) is -0.0572. The van der Waals surface area contributed by atoms with Crippen LogP contribution >= 0.6 is 0 Å². The van der Waals surface area contributed by atoms with Crippen molar-refractivity contribution in [1.29, 1.82) is 0 Å². The van der Waals surface area contributed by atoms with Gasteiger partial charge in [-0.15, -0.1) is 0 Å². The van der Waals surface area contributed by atoms with Crippen LogP contribution in [0.1, 0.15) is 38.5 Å². The van der Waals surface area contributed by atoms with Crippen molar-refractivity contribution < 1.29 is 9.59 Å². The molecule has 0 aromatic heterocycles. The Morgan fingerprint density at radius 3 is 3.00 bits per heavy atom. The number of nitrogens with two attached hydrogens (primary N) is 1. The highest BCUT2D eigenvalue weighted by atomic mass is 16.2. The Kier molecular flexibility index (Phi) is 6.81. The lowest BCUT2D eigenvalue weighted by atomic mass is 10.0. The van der Waals surface area contributed by atoms with Crippen molar-refractivity contribution in [3.8, 4) is 0 Å². The minimum Gasteiger partial charge on any atom is -0.346 e. The molecule has 1 aliphatic rings. The van der Waals surface area contributed by atoms with Crippen LogP contribution in [0.2, 0.25) is 0 Å². The summed E-state index contributed by atoms with van der Waals surface area (Å²) < 4.78 is 0. The molecule has 1 unspecified atom stereocenters. The summed E-state index contributed by atoms with van der Waals surface area (Å²) in [5.41, 5.74) is 5.35. The molecular formula is C12H23N3O2. The molecule has 1 atom stereocenters. The van der Waals surface area contributed by atoms with Gasteiger partial charge in [-0.05, 0) is 38.8 Å². The zero-order chi connectivity index (χ0) is 12.5. The number of carbonyl (C=O) groups excluding carboxylic acids is 2. The Balaban J connectivity index is 2.40. The lowest BCUT2D eigenvalue weighted by Crippen LogP contribution is -2.41. The third kappa shape index (κ3) is 5.79. The second-order valence-electron chi connectivity index (χ2n) is 4.47. The summed E-state index contributed by atoms with van der Waals surface area (Å²) in [6.45, 7) is 2.19. The SMILES string of the molecule is NCCCC(=O)NC1CCCCNCCC1=O. The van der Waals surface area contributed by atoms with Crippen molar-refractivity contribution in [2.45, 2.75) is 44.6 Å². The first kappa shape index (κ1) is 14.1. The molecule has 1 aliphatic heterocycles. The number of rotatable bonds is 4. The number of hydrogen-bond donors (Lipinski definition) is 3. The molecule has 0 bridgehead atoms. The molecule has 0 radical (unpaired) electrons. The Morgan fingerprint density at radius 1 is 1.41 bits per heavy atom. The molecule has 1 heterocycles. The van der Waals surface area contributed by atoms with E-state index >= 15 is 0 Å². The normalized spacial score (nSPS) is 22.4. The summed E-state index contributed by atoms with van der Waals surface area (Å²) in [4.78, 5) is 23.4. The Morgan fingerprint density at radius 2 is 2.24 bits per heavy atom. The van der Waals surface area contributed by atoms with Gasteiger partial charge in [0, 0.05) is 19.4 Å². The molecule has 98 valence electrons. The molecule has 0 aromatic carbocycles. The minimum atomic E-state index is -0.292. The Labute approximate surface area is 103 Å². The molecule has 1 amide bonds. The van der Waals surface area contributed by atoms with Gasteiger partial charge < -0.3 is 16.4 Å². The van der Waals surface area contributed by atoms with E-state index in [4.69, 9.17) is 5.73 Å². The number of Topliss-reactive ketones (excluding diaryl/α,β-unsaturated/α-hetero) is 1. The Hall–Kier alpha value is -0.940. The van der Waals surface area contributed by atoms with E-state index in [1.54, 1.807) is 0 Å². The molecule has 17 heavy (non-hydrogen) atoms. The maximum absolute atomic E-state index is 11.8. The smallest absolute Gasteiger partial charge is 0.220 e. The van der Waals surface area contributed by atoms with Gasteiger partial charge in [0.25, 0.3) is 0 Å². The quantitative estimate of drug-likeness (QED) is 0.644. The van der Waals surface area contributed by atoms with Crippen molar-refractivity contribution in [2.75, 3.05) is 19.6 Å². The van der Waals surface area contributed by atoms with E-state index in [0.29, 0.717) is 32.4 Å². The zero-order valence-electron chi connectivity index (χ0n) is 10.3. The number of hydrogen-bond acceptors (Lipinski definition) is 4. The second kappa shape index (κ2) is 8.20. The molecule has 4 N–H and O–H groups in total. The Bertz CT molecular complexity index is 256. The van der Waals surface area contributed by atoms with Crippen LogP contribution in [0.25, 0.3) is 0 Å². The van der Waals surface area contributed by atoms with E-state index in [1.807, 2.05) is 0 Å². The predicted molar refractivity (Wildman–Crippen MR) is 66.6 cm³/mol. The molecule has 0 aromatic rings. The van der Waals surface area contributed by atoms with Crippen LogP contribution in [0.4, 0.5) is 0 Å². The minimum absolute atomic E-state index is 0.0546. The van der Waals surface area contributed by atoms with Crippen LogP contribution < -0.4 is 16.4 Å². The van der Waals surface area contributed by atoms with Crippen LogP contribution in [-0.4, -0.2) is 37.4 Å². The van der Waals surface area contributed by atoms with Gasteiger partial charge >= 0.3 is 0 Å². The molecule has 5 nitrogen and oxygen atoms in total. The first-order valence-corrected chi connectivity index (χ1v) is 6.47. The zero-order valence-corrected chi connectivity index (χ0v) is 10.3. The first-order chi connectivity index (χ1) is 8.24. The lowest BCUT2D eigenvalue weighted by Gasteiger charge is -2.16. The number of carbonyl (C=O) groups is 2. The van der Waals surface area contributed by atoms with Gasteiger partial charge in [-0.3, -0.25) is 9.59 Å². The van der Waals surface area contributed by atoms with Crippen molar-refractivity contribution in [3.05, 3.63) is 0 Å². The van der Waals surface area contributed by atoms with Crippen LogP contribution in [-0.2, 0) is 9.59 Å². The molecule has 0 saturated carbocycles. The standard InChI is InChI=1S/C12H23N3O2/c13-7-3-5-12(17)15-10-4-1-2-8-14-9-6-11(10)16/h10,14H,1-9,13H2,(H,15,17). The molecular weight excluding hydrogens is 218 g/mol. The summed E-state index contributed by atoms with van der Waals surface area (Å²) in [7, 11) is 0. The van der Waals surface area contributed by atoms with Gasteiger partial charge in [0.1, 0.15) is 0 Å². The molecule has 0 spiro atoms. The van der Waals surface area contributed by atoms with Gasteiger partial charge in [-0.2, -0.15) is 0 Å². The maximum Gasteiger partial charge on any atom is 0.220 e. The highest BCUT2D eigenvalue weighted by Gasteiger charge is 2.20.